The summed E-state index contributed by atoms with van der Waals surface area (Å²) >= 11 is 0.823. The summed E-state index contributed by atoms with van der Waals surface area (Å²) in [6.07, 6.45) is 0. The minimum absolute atomic E-state index is 0. The molecule has 0 aromatic carbocycles. The van der Waals surface area contributed by atoms with Gasteiger partial charge in [0.15, 0.2) is 0 Å². The molecule has 0 radical (unpaired) electrons. The monoisotopic (exact) mass is 130 g/mol. The van der Waals surface area contributed by atoms with E-state index in [0.717, 1.165) is 29.8 Å². The molecule has 2 nitrogen and oxygen atoms in total. The number of hydrogen-bond donors (Lipinski definition) is 0. The molecule has 0 aliphatic carbocycles. The average molecular weight is 130 g/mol. The number of rotatable bonds is 3. The second-order valence-corrected chi connectivity index (χ2v) is 1.56. The Bertz CT molecular complexity index is 33.7. The SMILES string of the molecule is COCC[O][AlH2].[H+].[H+].[H-].[Na+]. The first-order chi connectivity index (χ1) is 2.91. The quantitative estimate of drug-likeness (QED) is 0.292. The van der Waals surface area contributed by atoms with Gasteiger partial charge in [-0.2, -0.15) is 0 Å². The molecule has 0 fully saturated rings. The number of ether oxygens (including phenoxy) is 1. The van der Waals surface area contributed by atoms with E-state index in [1.54, 1.807) is 7.11 Å². The summed E-state index contributed by atoms with van der Waals surface area (Å²) in [5.74, 6) is 0. The van der Waals surface area contributed by atoms with E-state index < -0.39 is 0 Å². The van der Waals surface area contributed by atoms with Gasteiger partial charge in [-0.05, 0) is 0 Å². The van der Waals surface area contributed by atoms with Crippen molar-refractivity contribution in [1.82, 2.24) is 0 Å². The zero-order chi connectivity index (χ0) is 4.83. The van der Waals surface area contributed by atoms with Crippen LogP contribution in [0, 0.1) is 0 Å². The predicted octanol–water partition coefficient (Wildman–Crippen LogP) is -3.46. The fourth-order valence-electron chi connectivity index (χ4n) is 0.167. The minimum Gasteiger partial charge on any atom is -1.00 e. The van der Waals surface area contributed by atoms with Crippen LogP contribution in [0.25, 0.3) is 0 Å². The molecule has 0 rings (SSSR count). The summed E-state index contributed by atoms with van der Waals surface area (Å²) in [7, 11) is 1.67. The third-order valence-corrected chi connectivity index (χ3v) is 0.900. The van der Waals surface area contributed by atoms with Crippen molar-refractivity contribution in [2.75, 3.05) is 20.3 Å². The van der Waals surface area contributed by atoms with Crippen LogP contribution in [0.4, 0.5) is 0 Å². The van der Waals surface area contributed by atoms with Gasteiger partial charge >= 0.3 is 49.0 Å². The second kappa shape index (κ2) is 10.4. The van der Waals surface area contributed by atoms with Crippen LogP contribution >= 0.6 is 0 Å². The molecule has 0 aromatic rings. The summed E-state index contributed by atoms with van der Waals surface area (Å²) in [5.41, 5.74) is 0. The van der Waals surface area contributed by atoms with E-state index in [9.17, 15) is 0 Å². The van der Waals surface area contributed by atoms with Crippen molar-refractivity contribution in [3.8, 4) is 0 Å². The Morgan fingerprint density at radius 2 is 2.29 bits per heavy atom. The number of hydrogen-bond acceptors (Lipinski definition) is 2. The maximum atomic E-state index is 4.80. The Kier molecular flexibility index (Phi) is 16.8. The normalized spacial score (nSPS) is 7.57. The molecule has 0 bridgehead atoms. The van der Waals surface area contributed by atoms with Gasteiger partial charge in [0.05, 0.1) is 6.61 Å². The van der Waals surface area contributed by atoms with Gasteiger partial charge in [-0.15, -0.1) is 0 Å². The molecule has 0 amide bonds. The third-order valence-electron chi connectivity index (χ3n) is 0.492. The first kappa shape index (κ1) is 11.3. The van der Waals surface area contributed by atoms with Gasteiger partial charge in [-0.3, -0.25) is 0 Å². The largest absolute Gasteiger partial charge is 1.00 e. The van der Waals surface area contributed by atoms with Crippen LogP contribution in [-0.2, 0) is 8.53 Å². The van der Waals surface area contributed by atoms with Crippen LogP contribution in [0.2, 0.25) is 0 Å². The third kappa shape index (κ3) is 11.2. The second-order valence-electron chi connectivity index (χ2n) is 0.986. The van der Waals surface area contributed by atoms with E-state index in [1.165, 1.54) is 0 Å². The van der Waals surface area contributed by atoms with Gasteiger partial charge in [0.25, 0.3) is 0 Å². The van der Waals surface area contributed by atoms with Gasteiger partial charge in [0.2, 0.25) is 0 Å². The molecular weight excluding hydrogens is 118 g/mol. The van der Waals surface area contributed by atoms with E-state index in [0.29, 0.717) is 0 Å². The summed E-state index contributed by atoms with van der Waals surface area (Å²) in [6.45, 7) is 1.48. The van der Waals surface area contributed by atoms with E-state index in [-0.39, 0.29) is 33.8 Å². The maximum absolute atomic E-state index is 4.80. The molecule has 0 aliphatic rings. The Hall–Kier alpha value is 1.45. The van der Waals surface area contributed by atoms with E-state index >= 15 is 0 Å². The zero-order valence-corrected chi connectivity index (χ0v) is 9.23. The van der Waals surface area contributed by atoms with E-state index in [4.69, 9.17) is 3.79 Å². The van der Waals surface area contributed by atoms with Crippen molar-refractivity contribution in [3.05, 3.63) is 0 Å². The van der Waals surface area contributed by atoms with Gasteiger partial charge in [-0.25, -0.2) is 0 Å². The van der Waals surface area contributed by atoms with Crippen molar-refractivity contribution in [2.45, 2.75) is 0 Å². The molecule has 0 unspecified atom stereocenters. The summed E-state index contributed by atoms with van der Waals surface area (Å²) in [5, 5.41) is 0. The van der Waals surface area contributed by atoms with Crippen LogP contribution in [-0.4, -0.2) is 36.9 Å². The van der Waals surface area contributed by atoms with Gasteiger partial charge in [0.1, 0.15) is 0 Å². The topological polar surface area (TPSA) is 18.5 Å². The molecule has 38 valence electrons. The van der Waals surface area contributed by atoms with Crippen molar-refractivity contribution < 1.29 is 42.4 Å². The fourth-order valence-corrected chi connectivity index (χ4v) is 0.333. The van der Waals surface area contributed by atoms with Crippen LogP contribution in [0.5, 0.6) is 0 Å². The molecule has 0 N–H and O–H groups in total. The van der Waals surface area contributed by atoms with Crippen LogP contribution in [0.3, 0.4) is 0 Å². The fraction of sp³-hybridized carbons (Fsp3) is 1.00. The van der Waals surface area contributed by atoms with Gasteiger partial charge < -0.3 is 9.95 Å². The van der Waals surface area contributed by atoms with Crippen molar-refractivity contribution in [1.29, 1.82) is 0 Å². The minimum atomic E-state index is 0. The van der Waals surface area contributed by atoms with Crippen molar-refractivity contribution >= 4 is 16.6 Å². The van der Waals surface area contributed by atoms with Gasteiger partial charge in [0, 0.05) is 13.7 Å². The summed E-state index contributed by atoms with van der Waals surface area (Å²) in [6, 6.07) is 0. The first-order valence-electron chi connectivity index (χ1n) is 1.89. The predicted molar refractivity (Wildman–Crippen MR) is 29.7 cm³/mol. The smallest absolute Gasteiger partial charge is 1.00 e. The van der Waals surface area contributed by atoms with Crippen LogP contribution in [0.15, 0.2) is 0 Å². The van der Waals surface area contributed by atoms with E-state index in [2.05, 4.69) is 4.74 Å². The molecule has 0 heterocycles. The molecule has 0 aromatic heterocycles. The Morgan fingerprint density at radius 1 is 1.71 bits per heavy atom. The summed E-state index contributed by atoms with van der Waals surface area (Å²) < 4.78 is 9.48. The summed E-state index contributed by atoms with van der Waals surface area (Å²) in [4.78, 5) is 0. The molecule has 0 atom stereocenters. The molecule has 0 saturated heterocycles. The standard InChI is InChI=1S/C3H7O2.Al.Na.3H/c1-5-3-2-4;;;;;/h2-3H2,1H3;;;;;/q-1;2*+1;;;-1/p+2. The van der Waals surface area contributed by atoms with Crippen molar-refractivity contribution in [3.63, 3.8) is 0 Å². The number of methoxy groups -OCH3 is 1. The maximum Gasteiger partial charge on any atom is 1.00 e. The van der Waals surface area contributed by atoms with Crippen LogP contribution < -0.4 is 29.6 Å². The first-order valence-corrected chi connectivity index (χ1v) is 2.71. The molecule has 0 saturated carbocycles. The van der Waals surface area contributed by atoms with Crippen molar-refractivity contribution in [2.24, 2.45) is 0 Å². The Morgan fingerprint density at radius 3 is 2.43 bits per heavy atom. The van der Waals surface area contributed by atoms with Gasteiger partial charge in [-0.1, -0.05) is 0 Å². The molecular formula is C3H12AlNaO2+2. The molecule has 7 heavy (non-hydrogen) atoms. The zero-order valence-electron chi connectivity index (χ0n) is 8.23. The molecule has 0 spiro atoms. The van der Waals surface area contributed by atoms with Crippen LogP contribution in [0.1, 0.15) is 4.28 Å². The Balaban J connectivity index is -0.0000000208. The Labute approximate surface area is 79.1 Å². The van der Waals surface area contributed by atoms with E-state index in [1.807, 2.05) is 0 Å². The average Bonchev–Trinajstić information content (AvgIpc) is 1.61. The molecule has 4 heteroatoms. The molecule has 0 aliphatic heterocycles.